The van der Waals surface area contributed by atoms with Crippen LogP contribution in [0.4, 0.5) is 8.78 Å². The summed E-state index contributed by atoms with van der Waals surface area (Å²) >= 11 is 0. The summed E-state index contributed by atoms with van der Waals surface area (Å²) in [6, 6.07) is 3.40. The maximum Gasteiger partial charge on any atom is 0.332 e. The number of amides is 1. The summed E-state index contributed by atoms with van der Waals surface area (Å²) < 4.78 is 32.0. The van der Waals surface area contributed by atoms with E-state index in [0.717, 1.165) is 12.1 Å². The number of nitrogens with one attached hydrogen (secondary N) is 1. The average molecular weight is 299 g/mol. The predicted octanol–water partition coefficient (Wildman–Crippen LogP) is 1.26. The van der Waals surface area contributed by atoms with Crippen molar-refractivity contribution in [1.82, 2.24) is 5.32 Å². The van der Waals surface area contributed by atoms with Crippen molar-refractivity contribution in [2.24, 2.45) is 0 Å². The van der Waals surface area contributed by atoms with Gasteiger partial charge in [-0.1, -0.05) is 6.07 Å². The molecule has 1 aliphatic heterocycles. The third-order valence-electron chi connectivity index (χ3n) is 3.31. The second-order valence-corrected chi connectivity index (χ2v) is 4.84. The molecule has 2 atom stereocenters. The average Bonchev–Trinajstić information content (AvgIpc) is 2.90. The summed E-state index contributed by atoms with van der Waals surface area (Å²) in [4.78, 5) is 22.4. The highest BCUT2D eigenvalue weighted by Gasteiger charge is 2.30. The van der Waals surface area contributed by atoms with E-state index in [4.69, 9.17) is 9.84 Å². The van der Waals surface area contributed by atoms with Gasteiger partial charge in [0.2, 0.25) is 5.91 Å². The van der Waals surface area contributed by atoms with Gasteiger partial charge in [0, 0.05) is 12.1 Å². The number of aliphatic carboxylic acids is 1. The van der Waals surface area contributed by atoms with Gasteiger partial charge in [-0.15, -0.1) is 0 Å². The van der Waals surface area contributed by atoms with Crippen LogP contribution in [0, 0.1) is 11.6 Å². The predicted molar refractivity (Wildman–Crippen MR) is 68.6 cm³/mol. The molecular formula is C14H15F2NO4. The minimum absolute atomic E-state index is 0.124. The minimum Gasteiger partial charge on any atom is -0.479 e. The molecule has 0 aliphatic carbocycles. The maximum absolute atomic E-state index is 13.4. The molecule has 21 heavy (non-hydrogen) atoms. The van der Waals surface area contributed by atoms with Gasteiger partial charge in [-0.3, -0.25) is 4.79 Å². The maximum atomic E-state index is 13.4. The Bertz CT molecular complexity index is 530. The highest BCUT2D eigenvalue weighted by molar-refractivity contribution is 5.78. The lowest BCUT2D eigenvalue weighted by Crippen LogP contribution is -2.34. The Kier molecular flexibility index (Phi) is 4.85. The van der Waals surface area contributed by atoms with E-state index in [9.17, 15) is 18.4 Å². The van der Waals surface area contributed by atoms with Gasteiger partial charge in [-0.2, -0.15) is 0 Å². The molecule has 5 nitrogen and oxygen atoms in total. The van der Waals surface area contributed by atoms with Crippen LogP contribution in [-0.2, 0) is 20.7 Å². The monoisotopic (exact) mass is 299 g/mol. The van der Waals surface area contributed by atoms with Crippen LogP contribution in [0.3, 0.4) is 0 Å². The minimum atomic E-state index is -1.03. The number of benzene rings is 1. The van der Waals surface area contributed by atoms with Gasteiger partial charge in [0.25, 0.3) is 0 Å². The van der Waals surface area contributed by atoms with Crippen LogP contribution in [0.2, 0.25) is 0 Å². The van der Waals surface area contributed by atoms with E-state index in [1.54, 1.807) is 0 Å². The second kappa shape index (κ2) is 6.62. The molecule has 7 heteroatoms. The Hall–Kier alpha value is -2.02. The first-order valence-electron chi connectivity index (χ1n) is 6.55. The van der Waals surface area contributed by atoms with E-state index in [2.05, 4.69) is 5.32 Å². The molecule has 2 unspecified atom stereocenters. The molecule has 0 bridgehead atoms. The fraction of sp³-hybridized carbons (Fsp3) is 0.429. The van der Waals surface area contributed by atoms with E-state index in [0.29, 0.717) is 12.8 Å². The van der Waals surface area contributed by atoms with Gasteiger partial charge in [0.15, 0.2) is 6.10 Å². The lowest BCUT2D eigenvalue weighted by atomic mass is 10.1. The van der Waals surface area contributed by atoms with Crippen LogP contribution >= 0.6 is 0 Å². The number of carboxylic acid groups (broad SMARTS) is 1. The summed E-state index contributed by atoms with van der Waals surface area (Å²) in [7, 11) is 0. The Morgan fingerprint density at radius 2 is 1.95 bits per heavy atom. The molecule has 0 saturated carbocycles. The zero-order valence-corrected chi connectivity index (χ0v) is 11.1. The van der Waals surface area contributed by atoms with Crippen molar-refractivity contribution in [1.29, 1.82) is 0 Å². The molecule has 0 aromatic heterocycles. The molecule has 1 heterocycles. The van der Waals surface area contributed by atoms with Crippen molar-refractivity contribution in [2.75, 3.05) is 6.54 Å². The fourth-order valence-electron chi connectivity index (χ4n) is 2.19. The third-order valence-corrected chi connectivity index (χ3v) is 3.31. The van der Waals surface area contributed by atoms with Crippen LogP contribution in [0.1, 0.15) is 18.4 Å². The van der Waals surface area contributed by atoms with Crippen molar-refractivity contribution >= 4 is 11.9 Å². The third kappa shape index (κ3) is 3.98. The normalized spacial score (nSPS) is 21.2. The SMILES string of the molecule is O=C(Cc1c(F)cccc1F)NCC1CCC(C(=O)O)O1. The lowest BCUT2D eigenvalue weighted by molar-refractivity contribution is -0.149. The van der Waals surface area contributed by atoms with Crippen LogP contribution < -0.4 is 5.32 Å². The molecular weight excluding hydrogens is 284 g/mol. The molecule has 2 rings (SSSR count). The Labute approximate surface area is 119 Å². The number of carboxylic acids is 1. The van der Waals surface area contributed by atoms with Crippen molar-refractivity contribution < 1.29 is 28.2 Å². The lowest BCUT2D eigenvalue weighted by Gasteiger charge is -2.12. The molecule has 1 aliphatic rings. The van der Waals surface area contributed by atoms with Crippen molar-refractivity contribution in [3.05, 3.63) is 35.4 Å². The molecule has 1 amide bonds. The highest BCUT2D eigenvalue weighted by atomic mass is 19.1. The quantitative estimate of drug-likeness (QED) is 0.858. The largest absolute Gasteiger partial charge is 0.479 e. The standard InChI is InChI=1S/C14H15F2NO4/c15-10-2-1-3-11(16)9(10)6-13(18)17-7-8-4-5-12(21-8)14(19)20/h1-3,8,12H,4-7H2,(H,17,18)(H,19,20). The van der Waals surface area contributed by atoms with E-state index in [1.807, 2.05) is 0 Å². The van der Waals surface area contributed by atoms with Gasteiger partial charge in [0.1, 0.15) is 11.6 Å². The first kappa shape index (κ1) is 15.4. The van der Waals surface area contributed by atoms with Gasteiger partial charge in [-0.25, -0.2) is 13.6 Å². The topological polar surface area (TPSA) is 75.6 Å². The molecule has 1 aromatic rings. The van der Waals surface area contributed by atoms with Crippen LogP contribution in [0.25, 0.3) is 0 Å². The highest BCUT2D eigenvalue weighted by Crippen LogP contribution is 2.19. The molecule has 114 valence electrons. The smallest absolute Gasteiger partial charge is 0.332 e. The second-order valence-electron chi connectivity index (χ2n) is 4.84. The summed E-state index contributed by atoms with van der Waals surface area (Å²) in [6.07, 6.45) is -0.743. The molecule has 2 N–H and O–H groups in total. The summed E-state index contributed by atoms with van der Waals surface area (Å²) in [5, 5.41) is 11.3. The fourth-order valence-corrected chi connectivity index (χ4v) is 2.19. The number of halogens is 2. The molecule has 1 fully saturated rings. The number of hydrogen-bond donors (Lipinski definition) is 2. The zero-order chi connectivity index (χ0) is 15.4. The Balaban J connectivity index is 1.82. The molecule has 1 saturated heterocycles. The van der Waals surface area contributed by atoms with Crippen LogP contribution in [0.15, 0.2) is 18.2 Å². The van der Waals surface area contributed by atoms with Crippen LogP contribution in [0.5, 0.6) is 0 Å². The summed E-state index contributed by atoms with van der Waals surface area (Å²) in [5.41, 5.74) is -0.286. The summed E-state index contributed by atoms with van der Waals surface area (Å²) in [5.74, 6) is -3.11. The van der Waals surface area contributed by atoms with E-state index >= 15 is 0 Å². The number of carbonyl (C=O) groups is 2. The van der Waals surface area contributed by atoms with E-state index in [1.165, 1.54) is 6.07 Å². The van der Waals surface area contributed by atoms with Crippen molar-refractivity contribution in [2.45, 2.75) is 31.5 Å². The van der Waals surface area contributed by atoms with E-state index in [-0.39, 0.29) is 18.2 Å². The van der Waals surface area contributed by atoms with Gasteiger partial charge >= 0.3 is 5.97 Å². The molecule has 0 radical (unpaired) electrons. The number of ether oxygens (including phenoxy) is 1. The number of rotatable bonds is 5. The first-order valence-corrected chi connectivity index (χ1v) is 6.55. The van der Waals surface area contributed by atoms with Crippen molar-refractivity contribution in [3.8, 4) is 0 Å². The Morgan fingerprint density at radius 1 is 1.29 bits per heavy atom. The van der Waals surface area contributed by atoms with E-state index < -0.39 is 36.0 Å². The van der Waals surface area contributed by atoms with Crippen molar-refractivity contribution in [3.63, 3.8) is 0 Å². The number of hydrogen-bond acceptors (Lipinski definition) is 3. The van der Waals surface area contributed by atoms with Gasteiger partial charge < -0.3 is 15.2 Å². The first-order chi connectivity index (χ1) is 9.97. The molecule has 1 aromatic carbocycles. The zero-order valence-electron chi connectivity index (χ0n) is 11.1. The van der Waals surface area contributed by atoms with Crippen LogP contribution in [-0.4, -0.2) is 35.7 Å². The van der Waals surface area contributed by atoms with Gasteiger partial charge in [0.05, 0.1) is 12.5 Å². The Morgan fingerprint density at radius 3 is 2.52 bits per heavy atom. The number of carbonyl (C=O) groups excluding carboxylic acids is 1. The molecule has 0 spiro atoms. The summed E-state index contributed by atoms with van der Waals surface area (Å²) in [6.45, 7) is 0.124. The van der Waals surface area contributed by atoms with Gasteiger partial charge in [-0.05, 0) is 25.0 Å².